The van der Waals surface area contributed by atoms with Gasteiger partial charge in [0.1, 0.15) is 11.9 Å². The van der Waals surface area contributed by atoms with E-state index in [-0.39, 0.29) is 34.6 Å². The highest BCUT2D eigenvalue weighted by Gasteiger charge is 2.55. The van der Waals surface area contributed by atoms with Gasteiger partial charge in [-0.05, 0) is 86.7 Å². The van der Waals surface area contributed by atoms with E-state index in [2.05, 4.69) is 196 Å². The fourth-order valence-corrected chi connectivity index (χ4v) is 13.8. The van der Waals surface area contributed by atoms with Gasteiger partial charge in [-0.15, -0.1) is 11.3 Å². The van der Waals surface area contributed by atoms with Crippen molar-refractivity contribution < 1.29 is 0 Å². The topological polar surface area (TPSA) is 24.4 Å². The van der Waals surface area contributed by atoms with E-state index in [4.69, 9.17) is 4.99 Å². The van der Waals surface area contributed by atoms with Gasteiger partial charge in [-0.1, -0.05) is 178 Å². The molecule has 2 aliphatic heterocycles. The smallest absolute Gasteiger partial charge is 0.111 e. The lowest BCUT2D eigenvalue weighted by molar-refractivity contribution is 0.257. The second kappa shape index (κ2) is 13.2. The normalized spacial score (nSPS) is 26.5. The fourth-order valence-electron chi connectivity index (χ4n) is 11.4. The van der Waals surface area contributed by atoms with Crippen LogP contribution in [0.5, 0.6) is 0 Å². The molecule has 6 aromatic carbocycles. The summed E-state index contributed by atoms with van der Waals surface area (Å²) in [4.78, 5) is 8.42. The number of nitrogens with zero attached hydrogens (tertiary/aromatic N) is 1. The van der Waals surface area contributed by atoms with Crippen molar-refractivity contribution in [2.45, 2.75) is 54.9 Å². The Labute approximate surface area is 354 Å². The zero-order valence-corrected chi connectivity index (χ0v) is 35.1. The van der Waals surface area contributed by atoms with Gasteiger partial charge in [-0.3, -0.25) is 4.99 Å². The molecule has 12 rings (SSSR count). The first-order valence-electron chi connectivity index (χ1n) is 21.0. The second-order valence-electron chi connectivity index (χ2n) is 17.5. The molecule has 0 bridgehead atoms. The molecule has 7 aromatic rings. The maximum Gasteiger partial charge on any atom is 0.111 e. The number of hydrogen-bond acceptors (Lipinski definition) is 4. The zero-order valence-electron chi connectivity index (χ0n) is 33.4. The van der Waals surface area contributed by atoms with Crippen molar-refractivity contribution in [2.75, 3.05) is 0 Å². The van der Waals surface area contributed by atoms with Crippen LogP contribution in [0.3, 0.4) is 0 Å². The standard InChI is InChI=1S/C55H44N2S2/c1-33-42(35-18-15-29-54(2,32-35)36-27-28-48-43(30-36)39-21-10-13-25-46(39)58-48)31-45(55(3)44-24-12-9-20-38(44)37-19-7-8-22-40(37)49(33)55)53-56-50(34-16-5-4-6-17-34)52-51(57-53)41-23-11-14-26-47(41)59-52/h4-31,33,45,49,51H,32H2,1-3H3,(H,56,57). The molecule has 286 valence electrons. The molecular weight excluding hydrogens is 753 g/mol. The lowest BCUT2D eigenvalue weighted by Gasteiger charge is -2.54. The molecule has 1 aromatic heterocycles. The van der Waals surface area contributed by atoms with Crippen LogP contribution in [0.4, 0.5) is 0 Å². The molecule has 6 atom stereocenters. The van der Waals surface area contributed by atoms with Gasteiger partial charge in [-0.2, -0.15) is 0 Å². The molecule has 59 heavy (non-hydrogen) atoms. The summed E-state index contributed by atoms with van der Waals surface area (Å²) in [5, 5.41) is 6.82. The van der Waals surface area contributed by atoms with Crippen LogP contribution in [0.2, 0.25) is 0 Å². The van der Waals surface area contributed by atoms with Crippen LogP contribution in [0.25, 0.3) is 37.0 Å². The van der Waals surface area contributed by atoms with Crippen LogP contribution in [0, 0.1) is 11.8 Å². The largest absolute Gasteiger partial charge is 0.342 e. The molecule has 0 radical (unpaired) electrons. The fraction of sp³-hybridized carbons (Fsp3) is 0.182. The Hall–Kier alpha value is -5.68. The van der Waals surface area contributed by atoms with Gasteiger partial charge in [0.25, 0.3) is 0 Å². The Bertz CT molecular complexity index is 3050. The maximum absolute atomic E-state index is 5.83. The molecule has 0 spiro atoms. The van der Waals surface area contributed by atoms with Crippen molar-refractivity contribution in [1.29, 1.82) is 0 Å². The highest BCUT2D eigenvalue weighted by molar-refractivity contribution is 8.03. The van der Waals surface area contributed by atoms with E-state index in [1.54, 1.807) is 0 Å². The highest BCUT2D eigenvalue weighted by Crippen LogP contribution is 2.63. The number of rotatable bonds is 4. The number of aliphatic imine (C=N–C) groups is 1. The molecule has 0 saturated carbocycles. The van der Waals surface area contributed by atoms with Crippen molar-refractivity contribution >= 4 is 54.8 Å². The SMILES string of the molecule is CC1C(C2=CC=CC(C)(c3ccc4sc5ccccc5c4c3)C2)=CC(C2=NC3C(=C(c4ccccc4)N2)Sc2ccccc23)C2(C)c3ccccc3-c3ccccc3C12. The second-order valence-corrected chi connectivity index (χ2v) is 19.7. The number of hydrogen-bond donors (Lipinski definition) is 1. The number of amidine groups is 1. The maximum atomic E-state index is 5.83. The number of allylic oxidation sites excluding steroid dienone is 5. The molecule has 5 aliphatic rings. The first kappa shape index (κ1) is 35.3. The molecule has 1 N–H and O–H groups in total. The van der Waals surface area contributed by atoms with Crippen LogP contribution in [0.1, 0.15) is 67.0 Å². The van der Waals surface area contributed by atoms with Crippen molar-refractivity contribution in [3.63, 3.8) is 0 Å². The van der Waals surface area contributed by atoms with Crippen molar-refractivity contribution in [3.05, 3.63) is 214 Å². The first-order chi connectivity index (χ1) is 28.9. The molecule has 6 unspecified atom stereocenters. The minimum absolute atomic E-state index is 0.0159. The van der Waals surface area contributed by atoms with Crippen molar-refractivity contribution in [1.82, 2.24) is 5.32 Å². The van der Waals surface area contributed by atoms with Crippen LogP contribution in [-0.4, -0.2) is 5.84 Å². The lowest BCUT2D eigenvalue weighted by Crippen LogP contribution is -2.52. The van der Waals surface area contributed by atoms with Crippen LogP contribution in [-0.2, 0) is 10.8 Å². The number of thioether (sulfide) groups is 1. The summed E-state index contributed by atoms with van der Waals surface area (Å²) in [6.07, 6.45) is 10.8. The summed E-state index contributed by atoms with van der Waals surface area (Å²) < 4.78 is 2.71. The van der Waals surface area contributed by atoms with Crippen LogP contribution < -0.4 is 5.32 Å². The summed E-state index contributed by atoms with van der Waals surface area (Å²) in [5.74, 6) is 1.54. The number of benzene rings is 6. The molecule has 0 fully saturated rings. The van der Waals surface area contributed by atoms with Gasteiger partial charge in [-0.25, -0.2) is 0 Å². The van der Waals surface area contributed by atoms with Gasteiger partial charge in [0.2, 0.25) is 0 Å². The van der Waals surface area contributed by atoms with E-state index in [9.17, 15) is 0 Å². The molecular formula is C55H44N2S2. The first-order valence-corrected chi connectivity index (χ1v) is 22.6. The number of nitrogens with one attached hydrogen (secondary N) is 1. The van der Waals surface area contributed by atoms with E-state index in [0.717, 1.165) is 12.3 Å². The van der Waals surface area contributed by atoms with Gasteiger partial charge >= 0.3 is 0 Å². The highest BCUT2D eigenvalue weighted by atomic mass is 32.2. The molecule has 0 saturated heterocycles. The Morgan fingerprint density at radius 2 is 1.44 bits per heavy atom. The molecule has 0 amide bonds. The van der Waals surface area contributed by atoms with Gasteiger partial charge < -0.3 is 5.32 Å². The Kier molecular flexibility index (Phi) is 7.87. The minimum atomic E-state index is -0.274. The predicted octanol–water partition coefficient (Wildman–Crippen LogP) is 14.3. The summed E-state index contributed by atoms with van der Waals surface area (Å²) >= 11 is 3.77. The average molecular weight is 797 g/mol. The number of thiophene rings is 1. The third kappa shape index (κ3) is 5.22. The quantitative estimate of drug-likeness (QED) is 0.192. The Balaban J connectivity index is 1.04. The summed E-state index contributed by atoms with van der Waals surface area (Å²) in [7, 11) is 0. The zero-order chi connectivity index (χ0) is 39.5. The van der Waals surface area contributed by atoms with E-state index >= 15 is 0 Å². The Morgan fingerprint density at radius 3 is 2.32 bits per heavy atom. The van der Waals surface area contributed by atoms with Gasteiger partial charge in [0, 0.05) is 52.6 Å². The summed E-state index contributed by atoms with van der Waals surface area (Å²) in [6, 6.07) is 54.2. The van der Waals surface area contributed by atoms with Crippen LogP contribution >= 0.6 is 23.1 Å². The van der Waals surface area contributed by atoms with Crippen molar-refractivity contribution in [2.24, 2.45) is 16.8 Å². The number of fused-ring (bicyclic) bond motifs is 12. The van der Waals surface area contributed by atoms with Crippen molar-refractivity contribution in [3.8, 4) is 11.1 Å². The van der Waals surface area contributed by atoms with E-state index in [0.29, 0.717) is 0 Å². The van der Waals surface area contributed by atoms with E-state index in [1.165, 1.54) is 85.8 Å². The summed E-state index contributed by atoms with van der Waals surface area (Å²) in [5.41, 5.74) is 13.1. The monoisotopic (exact) mass is 796 g/mol. The third-order valence-corrected chi connectivity index (χ3v) is 16.6. The predicted molar refractivity (Wildman–Crippen MR) is 250 cm³/mol. The van der Waals surface area contributed by atoms with Crippen LogP contribution in [0.15, 0.2) is 196 Å². The third-order valence-electron chi connectivity index (χ3n) is 14.3. The molecule has 3 heterocycles. The van der Waals surface area contributed by atoms with E-state index < -0.39 is 0 Å². The minimum Gasteiger partial charge on any atom is -0.342 e. The average Bonchev–Trinajstić information content (AvgIpc) is 3.85. The lowest BCUT2D eigenvalue weighted by atomic mass is 9.49. The Morgan fingerprint density at radius 1 is 0.712 bits per heavy atom. The van der Waals surface area contributed by atoms with Gasteiger partial charge in [0.05, 0.1) is 5.70 Å². The van der Waals surface area contributed by atoms with E-state index in [1.807, 2.05) is 23.1 Å². The molecule has 2 nitrogen and oxygen atoms in total. The molecule has 3 aliphatic carbocycles. The van der Waals surface area contributed by atoms with Gasteiger partial charge in [0.15, 0.2) is 0 Å². The molecule has 4 heteroatoms. The summed E-state index contributed by atoms with van der Waals surface area (Å²) in [6.45, 7) is 7.49.